The van der Waals surface area contributed by atoms with Crippen molar-refractivity contribution in [3.63, 3.8) is 0 Å². The fourth-order valence-corrected chi connectivity index (χ4v) is 3.34. The Morgan fingerprint density at radius 2 is 1.66 bits per heavy atom. The van der Waals surface area contributed by atoms with Gasteiger partial charge in [-0.15, -0.1) is 0 Å². The van der Waals surface area contributed by atoms with Crippen molar-refractivity contribution < 1.29 is 4.79 Å². The zero-order valence-corrected chi connectivity index (χ0v) is 17.8. The lowest BCUT2D eigenvalue weighted by molar-refractivity contribution is -0.117. The summed E-state index contributed by atoms with van der Waals surface area (Å²) in [6, 6.07) is 28.5. The molecule has 4 rings (SSSR count). The van der Waals surface area contributed by atoms with Crippen LogP contribution in [0.3, 0.4) is 0 Å². The molecular weight excluding hydrogens is 420 g/mol. The van der Waals surface area contributed by atoms with E-state index in [1.807, 2.05) is 78.9 Å². The fourth-order valence-electron chi connectivity index (χ4n) is 3.22. The number of carbonyl (C=O) groups excluding carboxylic acids is 1. The second kappa shape index (κ2) is 9.78. The van der Waals surface area contributed by atoms with Crippen molar-refractivity contribution in [2.45, 2.75) is 6.54 Å². The Bertz CT molecular complexity index is 1290. The van der Waals surface area contributed by atoms with Crippen LogP contribution in [-0.4, -0.2) is 15.7 Å². The Kier molecular flexibility index (Phi) is 6.45. The molecule has 32 heavy (non-hydrogen) atoms. The molecule has 3 aromatic carbocycles. The van der Waals surface area contributed by atoms with Crippen LogP contribution in [0, 0.1) is 11.3 Å². The maximum atomic E-state index is 12.7. The average Bonchev–Trinajstić information content (AvgIpc) is 3.26. The second-order valence-corrected chi connectivity index (χ2v) is 7.49. The van der Waals surface area contributed by atoms with Gasteiger partial charge >= 0.3 is 0 Å². The number of aromatic nitrogens is 2. The second-order valence-electron chi connectivity index (χ2n) is 7.06. The monoisotopic (exact) mass is 438 g/mol. The minimum atomic E-state index is -0.439. The first kappa shape index (κ1) is 21.1. The van der Waals surface area contributed by atoms with Gasteiger partial charge in [0.1, 0.15) is 11.6 Å². The Morgan fingerprint density at radius 3 is 2.31 bits per heavy atom. The van der Waals surface area contributed by atoms with Gasteiger partial charge in [-0.2, -0.15) is 10.4 Å². The molecule has 0 unspecified atom stereocenters. The highest BCUT2D eigenvalue weighted by molar-refractivity contribution is 6.30. The summed E-state index contributed by atoms with van der Waals surface area (Å²) >= 11 is 6.04. The van der Waals surface area contributed by atoms with Gasteiger partial charge in [0.2, 0.25) is 0 Å². The summed E-state index contributed by atoms with van der Waals surface area (Å²) in [5.41, 5.74) is 3.96. The van der Waals surface area contributed by atoms with E-state index in [2.05, 4.69) is 5.32 Å². The molecular formula is C26H19ClN4O. The molecule has 0 aliphatic heterocycles. The van der Waals surface area contributed by atoms with E-state index in [1.165, 1.54) is 0 Å². The number of nitrogens with one attached hydrogen (secondary N) is 1. The molecule has 0 aliphatic carbocycles. The van der Waals surface area contributed by atoms with E-state index < -0.39 is 5.91 Å². The standard InChI is InChI=1S/C26H19ClN4O/c27-23-13-11-20(12-14-23)25-22(18-31(30-25)24-9-5-2-6-10-24)15-21(16-28)26(32)29-17-19-7-3-1-4-8-19/h1-15,18H,17H2,(H,29,32)/b21-15-. The van der Waals surface area contributed by atoms with Crippen LogP contribution in [0.5, 0.6) is 0 Å². The van der Waals surface area contributed by atoms with E-state index in [0.717, 1.165) is 16.8 Å². The maximum absolute atomic E-state index is 12.7. The van der Waals surface area contributed by atoms with Gasteiger partial charge in [-0.05, 0) is 35.9 Å². The Morgan fingerprint density at radius 1 is 1.00 bits per heavy atom. The highest BCUT2D eigenvalue weighted by atomic mass is 35.5. The summed E-state index contributed by atoms with van der Waals surface area (Å²) in [5, 5.41) is 17.8. The zero-order valence-electron chi connectivity index (χ0n) is 17.1. The Labute approximate surface area is 191 Å². The average molecular weight is 439 g/mol. The molecule has 0 saturated heterocycles. The van der Waals surface area contributed by atoms with Crippen molar-refractivity contribution in [2.24, 2.45) is 0 Å². The minimum Gasteiger partial charge on any atom is -0.347 e. The van der Waals surface area contributed by atoms with Gasteiger partial charge in [-0.25, -0.2) is 4.68 Å². The quantitative estimate of drug-likeness (QED) is 0.323. The minimum absolute atomic E-state index is 0.00348. The molecule has 0 spiro atoms. The number of hydrogen-bond donors (Lipinski definition) is 1. The molecule has 0 bridgehead atoms. The van der Waals surface area contributed by atoms with E-state index in [4.69, 9.17) is 16.7 Å². The van der Waals surface area contributed by atoms with Crippen LogP contribution in [0.25, 0.3) is 23.0 Å². The summed E-state index contributed by atoms with van der Waals surface area (Å²) in [6.07, 6.45) is 3.37. The lowest BCUT2D eigenvalue weighted by Crippen LogP contribution is -2.23. The molecule has 5 nitrogen and oxygen atoms in total. The van der Waals surface area contributed by atoms with Crippen molar-refractivity contribution in [1.29, 1.82) is 5.26 Å². The number of benzene rings is 3. The van der Waals surface area contributed by atoms with Crippen LogP contribution in [0.15, 0.2) is 96.7 Å². The number of para-hydroxylation sites is 1. The fraction of sp³-hybridized carbons (Fsp3) is 0.0385. The van der Waals surface area contributed by atoms with Crippen LogP contribution in [0.4, 0.5) is 0 Å². The SMILES string of the molecule is N#C/C(=C/c1cn(-c2ccccc2)nc1-c1ccc(Cl)cc1)C(=O)NCc1ccccc1. The van der Waals surface area contributed by atoms with Crippen molar-refractivity contribution in [3.8, 4) is 23.0 Å². The molecule has 1 N–H and O–H groups in total. The van der Waals surface area contributed by atoms with Gasteiger partial charge in [0, 0.05) is 28.9 Å². The molecule has 0 saturated carbocycles. The molecule has 1 aromatic heterocycles. The van der Waals surface area contributed by atoms with Gasteiger partial charge in [-0.1, -0.05) is 72.3 Å². The van der Waals surface area contributed by atoms with E-state index >= 15 is 0 Å². The highest BCUT2D eigenvalue weighted by Gasteiger charge is 2.15. The first-order valence-corrected chi connectivity index (χ1v) is 10.4. The molecule has 0 fully saturated rings. The molecule has 1 amide bonds. The smallest absolute Gasteiger partial charge is 0.262 e. The van der Waals surface area contributed by atoms with Gasteiger partial charge in [-0.3, -0.25) is 4.79 Å². The first-order valence-electron chi connectivity index (χ1n) is 9.99. The molecule has 0 aliphatic rings. The summed E-state index contributed by atoms with van der Waals surface area (Å²) in [6.45, 7) is 0.339. The molecule has 0 radical (unpaired) electrons. The third kappa shape index (κ3) is 4.94. The Hall–Kier alpha value is -4.14. The van der Waals surface area contributed by atoms with Crippen LogP contribution < -0.4 is 5.32 Å². The number of rotatable bonds is 6. The van der Waals surface area contributed by atoms with E-state index in [9.17, 15) is 10.1 Å². The predicted octanol–water partition coefficient (Wildman–Crippen LogP) is 5.42. The van der Waals surface area contributed by atoms with Gasteiger partial charge < -0.3 is 5.32 Å². The number of halogens is 1. The predicted molar refractivity (Wildman–Crippen MR) is 126 cm³/mol. The number of hydrogen-bond acceptors (Lipinski definition) is 3. The summed E-state index contributed by atoms with van der Waals surface area (Å²) < 4.78 is 1.73. The first-order chi connectivity index (χ1) is 15.6. The maximum Gasteiger partial charge on any atom is 0.262 e. The van der Waals surface area contributed by atoms with E-state index in [1.54, 1.807) is 29.1 Å². The van der Waals surface area contributed by atoms with E-state index in [0.29, 0.717) is 22.8 Å². The Balaban J connectivity index is 1.69. The third-order valence-corrected chi connectivity index (χ3v) is 5.09. The van der Waals surface area contributed by atoms with Crippen molar-refractivity contribution in [1.82, 2.24) is 15.1 Å². The molecule has 6 heteroatoms. The van der Waals surface area contributed by atoms with Crippen LogP contribution in [0.2, 0.25) is 5.02 Å². The summed E-state index contributed by atoms with van der Waals surface area (Å²) in [5.74, 6) is -0.439. The summed E-state index contributed by atoms with van der Waals surface area (Å²) in [4.78, 5) is 12.7. The van der Waals surface area contributed by atoms with Gasteiger partial charge in [0.05, 0.1) is 11.4 Å². The van der Waals surface area contributed by atoms with Gasteiger partial charge in [0.25, 0.3) is 5.91 Å². The molecule has 0 atom stereocenters. The zero-order chi connectivity index (χ0) is 22.3. The topological polar surface area (TPSA) is 70.7 Å². The molecule has 4 aromatic rings. The lowest BCUT2D eigenvalue weighted by atomic mass is 10.1. The lowest BCUT2D eigenvalue weighted by Gasteiger charge is -2.04. The largest absolute Gasteiger partial charge is 0.347 e. The molecule has 1 heterocycles. The highest BCUT2D eigenvalue weighted by Crippen LogP contribution is 2.27. The van der Waals surface area contributed by atoms with Crippen molar-refractivity contribution in [2.75, 3.05) is 0 Å². The van der Waals surface area contributed by atoms with Crippen LogP contribution in [0.1, 0.15) is 11.1 Å². The number of amides is 1. The van der Waals surface area contributed by atoms with Crippen molar-refractivity contribution in [3.05, 3.63) is 113 Å². The van der Waals surface area contributed by atoms with E-state index in [-0.39, 0.29) is 5.57 Å². The molecule has 156 valence electrons. The normalized spacial score (nSPS) is 11.1. The van der Waals surface area contributed by atoms with Gasteiger partial charge in [0.15, 0.2) is 0 Å². The van der Waals surface area contributed by atoms with Crippen LogP contribution in [-0.2, 0) is 11.3 Å². The summed E-state index contributed by atoms with van der Waals surface area (Å²) in [7, 11) is 0. The van der Waals surface area contributed by atoms with Crippen molar-refractivity contribution >= 4 is 23.6 Å². The number of carbonyl (C=O) groups is 1. The third-order valence-electron chi connectivity index (χ3n) is 4.84. The number of nitrogens with zero attached hydrogens (tertiary/aromatic N) is 3. The number of nitriles is 1. The van der Waals surface area contributed by atoms with Crippen LogP contribution >= 0.6 is 11.6 Å².